The van der Waals surface area contributed by atoms with Gasteiger partial charge in [0, 0.05) is 34.4 Å². The molecule has 26 heavy (non-hydrogen) atoms. The van der Waals surface area contributed by atoms with Crippen LogP contribution in [0.25, 0.3) is 10.8 Å². The van der Waals surface area contributed by atoms with Crippen molar-refractivity contribution in [2.75, 3.05) is 0 Å². The van der Waals surface area contributed by atoms with Gasteiger partial charge in [0.15, 0.2) is 0 Å². The van der Waals surface area contributed by atoms with E-state index >= 15 is 0 Å². The van der Waals surface area contributed by atoms with Gasteiger partial charge in [0.1, 0.15) is 0 Å². The quantitative estimate of drug-likeness (QED) is 0.354. The molecule has 0 saturated heterocycles. The van der Waals surface area contributed by atoms with E-state index < -0.39 is 0 Å². The Morgan fingerprint density at radius 1 is 0.962 bits per heavy atom. The van der Waals surface area contributed by atoms with E-state index in [4.69, 9.17) is 0 Å². The van der Waals surface area contributed by atoms with Gasteiger partial charge in [-0.15, -0.1) is 11.8 Å². The molecular formula is C22H19BrN2S. The van der Waals surface area contributed by atoms with E-state index in [0.29, 0.717) is 5.25 Å². The Bertz CT molecular complexity index is 998. The van der Waals surface area contributed by atoms with Gasteiger partial charge < -0.3 is 4.57 Å². The topological polar surface area (TPSA) is 17.8 Å². The van der Waals surface area contributed by atoms with Crippen LogP contribution >= 0.6 is 27.7 Å². The van der Waals surface area contributed by atoms with Gasteiger partial charge in [-0.3, -0.25) is 0 Å². The number of aromatic nitrogens is 2. The van der Waals surface area contributed by atoms with E-state index in [0.717, 1.165) is 12.3 Å². The number of hydrogen-bond donors (Lipinski definition) is 0. The third kappa shape index (κ3) is 4.02. The maximum absolute atomic E-state index is 4.20. The first kappa shape index (κ1) is 17.4. The lowest BCUT2D eigenvalue weighted by Gasteiger charge is -2.19. The summed E-state index contributed by atoms with van der Waals surface area (Å²) in [6.07, 6.45) is 5.77. The first-order chi connectivity index (χ1) is 12.8. The van der Waals surface area contributed by atoms with E-state index in [2.05, 4.69) is 92.2 Å². The van der Waals surface area contributed by atoms with Crippen LogP contribution in [0.15, 0.2) is 89.9 Å². The number of nitrogens with zero attached hydrogens (tertiary/aromatic N) is 2. The Morgan fingerprint density at radius 3 is 2.58 bits per heavy atom. The predicted octanol–water partition coefficient (Wildman–Crippen LogP) is 6.47. The van der Waals surface area contributed by atoms with Gasteiger partial charge in [0.2, 0.25) is 0 Å². The summed E-state index contributed by atoms with van der Waals surface area (Å²) in [6, 6.07) is 23.8. The summed E-state index contributed by atoms with van der Waals surface area (Å²) in [7, 11) is 0. The standard InChI is InChI=1S/C22H19BrN2S/c23-21-8-4-3-7-20(21)15-26-22(14-25-12-11-24-16-25)19-10-9-17-5-1-2-6-18(17)13-19/h1-13,16,22H,14-15H2. The van der Waals surface area contributed by atoms with Gasteiger partial charge in [-0.1, -0.05) is 70.5 Å². The maximum atomic E-state index is 4.20. The minimum Gasteiger partial charge on any atom is -0.336 e. The lowest BCUT2D eigenvalue weighted by atomic mass is 10.0. The van der Waals surface area contributed by atoms with Crippen LogP contribution in [0.2, 0.25) is 0 Å². The fourth-order valence-corrected chi connectivity index (χ4v) is 4.91. The molecule has 2 nitrogen and oxygen atoms in total. The minimum absolute atomic E-state index is 0.362. The normalized spacial score (nSPS) is 12.3. The molecule has 0 aliphatic rings. The van der Waals surface area contributed by atoms with Gasteiger partial charge in [0.05, 0.1) is 6.33 Å². The highest BCUT2D eigenvalue weighted by molar-refractivity contribution is 9.10. The number of fused-ring (bicyclic) bond motifs is 1. The summed E-state index contributed by atoms with van der Waals surface area (Å²) >= 11 is 5.64. The first-order valence-electron chi connectivity index (χ1n) is 8.59. The molecule has 0 aliphatic heterocycles. The van der Waals surface area contributed by atoms with Crippen LogP contribution < -0.4 is 0 Å². The van der Waals surface area contributed by atoms with Crippen molar-refractivity contribution in [3.05, 3.63) is 101 Å². The Balaban J connectivity index is 1.62. The molecule has 3 aromatic carbocycles. The molecule has 0 bridgehead atoms. The molecule has 1 aromatic heterocycles. The molecular weight excluding hydrogens is 404 g/mol. The fourth-order valence-electron chi connectivity index (χ4n) is 3.05. The average Bonchev–Trinajstić information content (AvgIpc) is 3.19. The van der Waals surface area contributed by atoms with Gasteiger partial charge in [-0.2, -0.15) is 0 Å². The molecule has 1 unspecified atom stereocenters. The fraction of sp³-hybridized carbons (Fsp3) is 0.136. The van der Waals surface area contributed by atoms with E-state index in [1.54, 1.807) is 0 Å². The maximum Gasteiger partial charge on any atom is 0.0946 e. The van der Waals surface area contributed by atoms with Crippen molar-refractivity contribution in [3.63, 3.8) is 0 Å². The molecule has 4 rings (SSSR count). The van der Waals surface area contributed by atoms with E-state index in [1.165, 1.54) is 26.4 Å². The molecule has 130 valence electrons. The molecule has 0 spiro atoms. The second-order valence-electron chi connectivity index (χ2n) is 6.26. The number of rotatable bonds is 6. The van der Waals surface area contributed by atoms with E-state index in [9.17, 15) is 0 Å². The van der Waals surface area contributed by atoms with Gasteiger partial charge >= 0.3 is 0 Å². The summed E-state index contributed by atoms with van der Waals surface area (Å²) in [5.74, 6) is 0.966. The number of imidazole rings is 1. The van der Waals surface area contributed by atoms with Crippen LogP contribution in [-0.4, -0.2) is 9.55 Å². The monoisotopic (exact) mass is 422 g/mol. The van der Waals surface area contributed by atoms with Gasteiger partial charge in [-0.05, 0) is 34.0 Å². The summed E-state index contributed by atoms with van der Waals surface area (Å²) < 4.78 is 3.33. The molecule has 1 heterocycles. The first-order valence-corrected chi connectivity index (χ1v) is 10.4. The summed E-state index contributed by atoms with van der Waals surface area (Å²) in [5, 5.41) is 2.94. The van der Waals surface area contributed by atoms with Crippen LogP contribution in [0.3, 0.4) is 0 Å². The zero-order chi connectivity index (χ0) is 17.8. The molecule has 0 aliphatic carbocycles. The Hall–Kier alpha value is -2.04. The van der Waals surface area contributed by atoms with Crippen LogP contribution in [0.1, 0.15) is 16.4 Å². The predicted molar refractivity (Wildman–Crippen MR) is 114 cm³/mol. The molecule has 0 radical (unpaired) electrons. The lowest BCUT2D eigenvalue weighted by molar-refractivity contribution is 0.683. The van der Waals surface area contributed by atoms with E-state index in [-0.39, 0.29) is 0 Å². The smallest absolute Gasteiger partial charge is 0.0946 e. The van der Waals surface area contributed by atoms with Crippen molar-refractivity contribution in [3.8, 4) is 0 Å². The largest absolute Gasteiger partial charge is 0.336 e. The second kappa shape index (κ2) is 8.11. The van der Waals surface area contributed by atoms with Crippen molar-refractivity contribution in [2.45, 2.75) is 17.5 Å². The van der Waals surface area contributed by atoms with Crippen molar-refractivity contribution in [2.24, 2.45) is 0 Å². The summed E-state index contributed by atoms with van der Waals surface area (Å²) in [5.41, 5.74) is 2.68. The van der Waals surface area contributed by atoms with Crippen molar-refractivity contribution < 1.29 is 0 Å². The van der Waals surface area contributed by atoms with Crippen LogP contribution in [0, 0.1) is 0 Å². The Morgan fingerprint density at radius 2 is 1.77 bits per heavy atom. The van der Waals surface area contributed by atoms with Crippen LogP contribution in [-0.2, 0) is 12.3 Å². The summed E-state index contributed by atoms with van der Waals surface area (Å²) in [6.45, 7) is 0.910. The Kier molecular flexibility index (Phi) is 5.42. The highest BCUT2D eigenvalue weighted by Crippen LogP contribution is 2.36. The van der Waals surface area contributed by atoms with E-state index in [1.807, 2.05) is 30.5 Å². The number of halogens is 1. The Labute approximate surface area is 166 Å². The average molecular weight is 423 g/mol. The molecule has 0 amide bonds. The summed E-state index contributed by atoms with van der Waals surface area (Å²) in [4.78, 5) is 4.20. The van der Waals surface area contributed by atoms with Crippen LogP contribution in [0.4, 0.5) is 0 Å². The van der Waals surface area contributed by atoms with Crippen LogP contribution in [0.5, 0.6) is 0 Å². The minimum atomic E-state index is 0.362. The van der Waals surface area contributed by atoms with Gasteiger partial charge in [-0.25, -0.2) is 4.98 Å². The second-order valence-corrected chi connectivity index (χ2v) is 8.30. The molecule has 4 heteroatoms. The van der Waals surface area contributed by atoms with Gasteiger partial charge in [0.25, 0.3) is 0 Å². The van der Waals surface area contributed by atoms with Crippen molar-refractivity contribution >= 4 is 38.5 Å². The van der Waals surface area contributed by atoms with Crippen molar-refractivity contribution in [1.29, 1.82) is 0 Å². The molecule has 4 aromatic rings. The zero-order valence-electron chi connectivity index (χ0n) is 14.3. The number of thioether (sulfide) groups is 1. The molecule has 0 fully saturated rings. The highest BCUT2D eigenvalue weighted by Gasteiger charge is 2.14. The molecule has 1 atom stereocenters. The highest BCUT2D eigenvalue weighted by atomic mass is 79.9. The number of benzene rings is 3. The zero-order valence-corrected chi connectivity index (χ0v) is 16.7. The third-order valence-electron chi connectivity index (χ3n) is 4.48. The third-order valence-corrected chi connectivity index (χ3v) is 6.55. The molecule has 0 N–H and O–H groups in total. The molecule has 0 saturated carbocycles. The van der Waals surface area contributed by atoms with Crippen molar-refractivity contribution in [1.82, 2.24) is 9.55 Å². The lowest BCUT2D eigenvalue weighted by Crippen LogP contribution is -2.05. The SMILES string of the molecule is Brc1ccccc1CSC(Cn1ccnc1)c1ccc2ccccc2c1. The number of hydrogen-bond acceptors (Lipinski definition) is 2.